The van der Waals surface area contributed by atoms with Gasteiger partial charge in [-0.15, -0.1) is 0 Å². The number of nitrogens with two attached hydrogens (primary N) is 1. The molecular weight excluding hydrogens is 584 g/mol. The molecule has 1 amide bonds. The van der Waals surface area contributed by atoms with Crippen LogP contribution in [0.5, 0.6) is 0 Å². The Labute approximate surface area is 256 Å². The van der Waals surface area contributed by atoms with Crippen LogP contribution in [0.15, 0.2) is 58.2 Å². The third-order valence-corrected chi connectivity index (χ3v) is 10.7. The zero-order valence-corrected chi connectivity index (χ0v) is 26.2. The van der Waals surface area contributed by atoms with Gasteiger partial charge in [-0.2, -0.15) is 0 Å². The fourth-order valence-corrected chi connectivity index (χ4v) is 7.97. The third-order valence-electron chi connectivity index (χ3n) is 9.01. The van der Waals surface area contributed by atoms with Gasteiger partial charge in [0.05, 0.1) is 15.7 Å². The Bertz CT molecular complexity index is 1760. The number of hydrogen-bond donors (Lipinski definition) is 5. The van der Waals surface area contributed by atoms with Crippen LogP contribution in [0, 0.1) is 18.8 Å². The number of anilines is 1. The zero-order valence-electron chi connectivity index (χ0n) is 25.4. The number of primary amides is 1. The number of likely N-dealkylation sites (N-methyl/N-ethyl adjacent to an activating group) is 1. The number of aliphatic hydroxyl groups is 3. The molecule has 5 atom stereocenters. The largest absolute Gasteiger partial charge is 0.508 e. The van der Waals surface area contributed by atoms with Crippen LogP contribution in [0.2, 0.25) is 0 Å². The van der Waals surface area contributed by atoms with E-state index >= 15 is 0 Å². The predicted octanol–water partition coefficient (Wildman–Crippen LogP) is 1.41. The third kappa shape index (κ3) is 4.82. The predicted molar refractivity (Wildman–Crippen MR) is 168 cm³/mol. The highest BCUT2D eigenvalue weighted by atomic mass is 32.2. The molecule has 12 heteroatoms. The number of amides is 1. The molecule has 0 aromatic heterocycles. The number of ketones is 2. The highest BCUT2D eigenvalue weighted by Gasteiger charge is 2.64. The molecule has 5 rings (SSSR count). The normalized spacial score (nSPS) is 26.2. The lowest BCUT2D eigenvalue weighted by molar-refractivity contribution is -0.153. The summed E-state index contributed by atoms with van der Waals surface area (Å²) >= 11 is 0. The average molecular weight is 623 g/mol. The van der Waals surface area contributed by atoms with Crippen LogP contribution in [0.1, 0.15) is 28.7 Å². The van der Waals surface area contributed by atoms with E-state index in [9.17, 15) is 33.9 Å². The van der Waals surface area contributed by atoms with E-state index in [1.54, 1.807) is 32.3 Å². The highest BCUT2D eigenvalue weighted by Crippen LogP contribution is 2.52. The Balaban J connectivity index is 1.60. The summed E-state index contributed by atoms with van der Waals surface area (Å²) in [5, 5.41) is 34.5. The van der Waals surface area contributed by atoms with E-state index in [0.29, 0.717) is 22.4 Å². The van der Waals surface area contributed by atoms with Crippen LogP contribution in [0.25, 0.3) is 5.76 Å². The van der Waals surface area contributed by atoms with Crippen molar-refractivity contribution >= 4 is 44.5 Å². The maximum Gasteiger partial charge on any atom is 0.255 e. The molecule has 3 aliphatic rings. The zero-order chi connectivity index (χ0) is 32.5. The molecule has 11 nitrogen and oxygen atoms in total. The molecule has 2 aromatic carbocycles. The molecule has 0 saturated heterocycles. The molecule has 6 N–H and O–H groups in total. The number of carbonyl (C=O) groups excluding carboxylic acids is 3. The van der Waals surface area contributed by atoms with Crippen molar-refractivity contribution in [3.8, 4) is 0 Å². The lowest BCUT2D eigenvalue weighted by Crippen LogP contribution is -2.65. The van der Waals surface area contributed by atoms with Crippen LogP contribution in [0.4, 0.5) is 5.69 Å². The van der Waals surface area contributed by atoms with Crippen molar-refractivity contribution in [2.45, 2.75) is 42.8 Å². The van der Waals surface area contributed by atoms with Crippen LogP contribution in [-0.2, 0) is 37.1 Å². The van der Waals surface area contributed by atoms with E-state index in [2.05, 4.69) is 10.6 Å². The molecule has 0 bridgehead atoms. The SMILES string of the molecule is C=S(=O)(NCc1cc2c(c(N(C)C)c1)C[C@H]1C[C@H]3C(N(C)C)C(=O)C(C(N)=O)=C(O)[C@@]3(O)C(=O)C1=C2O)c1ccc(C)cc1. The summed E-state index contributed by atoms with van der Waals surface area (Å²) < 4.78 is 16.4. The van der Waals surface area contributed by atoms with Crippen molar-refractivity contribution in [1.29, 1.82) is 0 Å². The minimum atomic E-state index is -2.86. The number of aryl methyl sites for hydroxylation is 1. The quantitative estimate of drug-likeness (QED) is 0.226. The lowest BCUT2D eigenvalue weighted by Gasteiger charge is -2.50. The molecular formula is C32H38N4O7S. The first-order chi connectivity index (χ1) is 20.5. The van der Waals surface area contributed by atoms with E-state index in [-0.39, 0.29) is 24.3 Å². The van der Waals surface area contributed by atoms with E-state index in [4.69, 9.17) is 5.73 Å². The molecule has 234 valence electrons. The van der Waals surface area contributed by atoms with Gasteiger partial charge in [-0.1, -0.05) is 17.7 Å². The van der Waals surface area contributed by atoms with Gasteiger partial charge in [0.25, 0.3) is 5.91 Å². The Morgan fingerprint density at radius 2 is 1.77 bits per heavy atom. The topological polar surface area (TPSA) is 174 Å². The summed E-state index contributed by atoms with van der Waals surface area (Å²) in [5.41, 5.74) is 5.44. The Morgan fingerprint density at radius 1 is 1.14 bits per heavy atom. The Hall–Kier alpha value is -3.97. The fourth-order valence-electron chi connectivity index (χ4n) is 6.83. The van der Waals surface area contributed by atoms with Crippen molar-refractivity contribution < 1.29 is 33.9 Å². The number of rotatable bonds is 7. The molecule has 3 aliphatic carbocycles. The first kappa shape index (κ1) is 31.5. The number of aliphatic hydroxyl groups excluding tert-OH is 2. The molecule has 1 fully saturated rings. The number of nitrogens with zero attached hydrogens (tertiary/aromatic N) is 2. The van der Waals surface area contributed by atoms with Crippen LogP contribution in [0.3, 0.4) is 0 Å². The van der Waals surface area contributed by atoms with Crippen LogP contribution in [-0.4, -0.2) is 87.6 Å². The van der Waals surface area contributed by atoms with Gasteiger partial charge in [0.1, 0.15) is 17.1 Å². The van der Waals surface area contributed by atoms with Crippen molar-refractivity contribution in [3.63, 3.8) is 0 Å². The van der Waals surface area contributed by atoms with Crippen molar-refractivity contribution in [1.82, 2.24) is 9.62 Å². The summed E-state index contributed by atoms with van der Waals surface area (Å²) in [6.45, 7) is 2.07. The second-order valence-corrected chi connectivity index (χ2v) is 14.4. The smallest absolute Gasteiger partial charge is 0.255 e. The summed E-state index contributed by atoms with van der Waals surface area (Å²) in [6, 6.07) is 9.72. The molecule has 0 heterocycles. The first-order valence-electron chi connectivity index (χ1n) is 14.2. The lowest BCUT2D eigenvalue weighted by atomic mass is 9.57. The maximum atomic E-state index is 14.1. The van der Waals surface area contributed by atoms with Gasteiger partial charge in [0.15, 0.2) is 11.4 Å². The molecule has 0 spiro atoms. The molecule has 2 aromatic rings. The molecule has 1 saturated carbocycles. The van der Waals surface area contributed by atoms with Crippen molar-refractivity contribution in [2.24, 2.45) is 17.6 Å². The molecule has 2 unspecified atom stereocenters. The standard InChI is InChI=1S/C32H38N4O7S/c1-16-7-9-19(10-8-16)44(6,43)34-15-17-11-21-20(23(12-17)35(2)3)13-18-14-22-26(36(4)5)28(38)25(31(33)41)30(40)32(22,42)29(39)24(18)27(21)37/h7-12,18,22,26,37,40,42H,6,13-15H2,1-5H3,(H2,33,41)(H,34,43)/t18-,22-,26?,32-,44?/m0/s1. The molecule has 0 radical (unpaired) electrons. The van der Waals surface area contributed by atoms with Crippen molar-refractivity contribution in [2.75, 3.05) is 33.1 Å². The minimum absolute atomic E-state index is 0.0715. The minimum Gasteiger partial charge on any atom is -0.508 e. The van der Waals surface area contributed by atoms with E-state index in [0.717, 1.165) is 16.8 Å². The summed E-state index contributed by atoms with van der Waals surface area (Å²) in [5.74, 6) is -2.24. The first-order valence-corrected chi connectivity index (χ1v) is 15.9. The van der Waals surface area contributed by atoms with Crippen molar-refractivity contribution in [3.05, 3.63) is 75.6 Å². The van der Waals surface area contributed by atoms with Gasteiger partial charge in [-0.25, -0.2) is 8.93 Å². The Kier molecular flexibility index (Phi) is 7.78. The van der Waals surface area contributed by atoms with E-state index in [1.807, 2.05) is 44.1 Å². The number of fused-ring (bicyclic) bond motifs is 3. The molecule has 0 aliphatic heterocycles. The Morgan fingerprint density at radius 3 is 2.34 bits per heavy atom. The second-order valence-electron chi connectivity index (χ2n) is 12.3. The number of Topliss-reactive ketones (excluding diaryl/α,β-unsaturated/α-hetero) is 2. The fraction of sp³-hybridized carbons (Fsp3) is 0.375. The second kappa shape index (κ2) is 10.9. The van der Waals surface area contributed by atoms with E-state index < -0.39 is 62.0 Å². The molecule has 44 heavy (non-hydrogen) atoms. The number of benzene rings is 2. The summed E-state index contributed by atoms with van der Waals surface area (Å²) in [4.78, 5) is 43.5. The van der Waals surface area contributed by atoms with Gasteiger partial charge in [0.2, 0.25) is 5.78 Å². The van der Waals surface area contributed by atoms with E-state index in [1.165, 1.54) is 4.90 Å². The maximum absolute atomic E-state index is 14.1. The monoisotopic (exact) mass is 622 g/mol. The van der Waals surface area contributed by atoms with Gasteiger partial charge in [0, 0.05) is 48.3 Å². The summed E-state index contributed by atoms with van der Waals surface area (Å²) in [7, 11) is 4.00. The number of carbonyl (C=O) groups is 3. The van der Waals surface area contributed by atoms with Gasteiger partial charge >= 0.3 is 0 Å². The average Bonchev–Trinajstić information content (AvgIpc) is 2.93. The number of nitrogens with one attached hydrogen (secondary N) is 1. The van der Waals surface area contributed by atoms with Gasteiger partial charge in [-0.05, 0) is 81.0 Å². The highest BCUT2D eigenvalue weighted by molar-refractivity contribution is 7.98. The van der Waals surface area contributed by atoms with Gasteiger partial charge < -0.3 is 26.0 Å². The van der Waals surface area contributed by atoms with Crippen LogP contribution >= 0.6 is 0 Å². The van der Waals surface area contributed by atoms with Gasteiger partial charge in [-0.3, -0.25) is 19.3 Å². The van der Waals surface area contributed by atoms with Crippen LogP contribution < -0.4 is 15.4 Å². The number of hydrogen-bond acceptors (Lipinski definition) is 9. The summed E-state index contributed by atoms with van der Waals surface area (Å²) in [6.07, 6.45) is 0.382.